The second kappa shape index (κ2) is 7.20. The summed E-state index contributed by atoms with van der Waals surface area (Å²) in [5, 5.41) is 16.6. The molecule has 0 unspecified atom stereocenters. The first-order chi connectivity index (χ1) is 9.06. The lowest BCUT2D eigenvalue weighted by Crippen LogP contribution is -2.16. The molecule has 0 aliphatic carbocycles. The van der Waals surface area contributed by atoms with Gasteiger partial charge in [-0.1, -0.05) is 0 Å². The SMILES string of the molecule is CCNc1cc(NCC(=O)OCC)cc([N+](=O)[O-])c1. The van der Waals surface area contributed by atoms with Crippen LogP contribution in [-0.2, 0) is 9.53 Å². The van der Waals surface area contributed by atoms with Crippen molar-refractivity contribution in [3.63, 3.8) is 0 Å². The van der Waals surface area contributed by atoms with E-state index in [2.05, 4.69) is 10.6 Å². The minimum Gasteiger partial charge on any atom is -0.465 e. The number of esters is 1. The van der Waals surface area contributed by atoms with Gasteiger partial charge in [0.1, 0.15) is 6.54 Å². The maximum absolute atomic E-state index is 11.2. The van der Waals surface area contributed by atoms with Crippen LogP contribution in [0.4, 0.5) is 17.1 Å². The van der Waals surface area contributed by atoms with E-state index in [1.165, 1.54) is 12.1 Å². The van der Waals surface area contributed by atoms with Crippen LogP contribution in [-0.4, -0.2) is 30.6 Å². The minimum atomic E-state index is -0.476. The zero-order chi connectivity index (χ0) is 14.3. The summed E-state index contributed by atoms with van der Waals surface area (Å²) in [7, 11) is 0. The van der Waals surface area contributed by atoms with Crippen molar-refractivity contribution in [2.24, 2.45) is 0 Å². The van der Waals surface area contributed by atoms with Gasteiger partial charge in [-0.2, -0.15) is 0 Å². The molecule has 0 spiro atoms. The molecule has 19 heavy (non-hydrogen) atoms. The lowest BCUT2D eigenvalue weighted by Gasteiger charge is -2.09. The van der Waals surface area contributed by atoms with E-state index < -0.39 is 10.9 Å². The summed E-state index contributed by atoms with van der Waals surface area (Å²) in [5.74, 6) is -0.404. The fourth-order valence-electron chi connectivity index (χ4n) is 1.51. The summed E-state index contributed by atoms with van der Waals surface area (Å²) in [6, 6.07) is 4.52. The number of anilines is 2. The topological polar surface area (TPSA) is 93.5 Å². The zero-order valence-corrected chi connectivity index (χ0v) is 10.9. The summed E-state index contributed by atoms with van der Waals surface area (Å²) < 4.78 is 4.77. The van der Waals surface area contributed by atoms with E-state index >= 15 is 0 Å². The second-order valence-corrected chi connectivity index (χ2v) is 3.71. The molecule has 0 aliphatic rings. The van der Waals surface area contributed by atoms with E-state index in [-0.39, 0.29) is 12.2 Å². The van der Waals surface area contributed by atoms with Gasteiger partial charge < -0.3 is 15.4 Å². The molecule has 1 aromatic carbocycles. The standard InChI is InChI=1S/C12H17N3O4/c1-3-13-9-5-10(7-11(6-9)15(17)18)14-8-12(16)19-4-2/h5-7,13-14H,3-4,8H2,1-2H3. The monoisotopic (exact) mass is 267 g/mol. The number of nitrogens with one attached hydrogen (secondary N) is 2. The molecule has 0 atom stereocenters. The molecule has 7 nitrogen and oxygen atoms in total. The Morgan fingerprint density at radius 2 is 1.89 bits per heavy atom. The molecule has 1 aromatic rings. The van der Waals surface area contributed by atoms with Crippen LogP contribution in [0.3, 0.4) is 0 Å². The van der Waals surface area contributed by atoms with Crippen LogP contribution in [0.2, 0.25) is 0 Å². The summed E-state index contributed by atoms with van der Waals surface area (Å²) >= 11 is 0. The Morgan fingerprint density at radius 3 is 2.42 bits per heavy atom. The average Bonchev–Trinajstić information content (AvgIpc) is 2.37. The van der Waals surface area contributed by atoms with Crippen LogP contribution in [0.5, 0.6) is 0 Å². The molecule has 2 N–H and O–H groups in total. The number of carbonyl (C=O) groups excluding carboxylic acids is 1. The van der Waals surface area contributed by atoms with Crippen molar-refractivity contribution >= 4 is 23.0 Å². The lowest BCUT2D eigenvalue weighted by atomic mass is 10.2. The van der Waals surface area contributed by atoms with Crippen LogP contribution in [0.15, 0.2) is 18.2 Å². The lowest BCUT2D eigenvalue weighted by molar-refractivity contribution is -0.384. The molecule has 104 valence electrons. The Labute approximate surface area is 111 Å². The molecule has 0 bridgehead atoms. The number of hydrogen-bond donors (Lipinski definition) is 2. The van der Waals surface area contributed by atoms with Gasteiger partial charge in [0.25, 0.3) is 5.69 Å². The Bertz CT molecular complexity index is 462. The Hall–Kier alpha value is -2.31. The molecular weight excluding hydrogens is 250 g/mol. The van der Waals surface area contributed by atoms with Crippen molar-refractivity contribution in [3.8, 4) is 0 Å². The van der Waals surface area contributed by atoms with E-state index in [0.717, 1.165) is 0 Å². The highest BCUT2D eigenvalue weighted by molar-refractivity contribution is 5.76. The maximum Gasteiger partial charge on any atom is 0.325 e. The fraction of sp³-hybridized carbons (Fsp3) is 0.417. The van der Waals surface area contributed by atoms with Crippen LogP contribution < -0.4 is 10.6 Å². The first kappa shape index (κ1) is 14.7. The molecule has 0 aliphatic heterocycles. The van der Waals surface area contributed by atoms with Gasteiger partial charge in [0, 0.05) is 30.1 Å². The number of nitrogens with zero attached hydrogens (tertiary/aromatic N) is 1. The highest BCUT2D eigenvalue weighted by Crippen LogP contribution is 2.24. The molecule has 0 fully saturated rings. The predicted octanol–water partition coefficient (Wildman–Crippen LogP) is 2.00. The van der Waals surface area contributed by atoms with Crippen molar-refractivity contribution in [1.82, 2.24) is 0 Å². The number of hydrogen-bond acceptors (Lipinski definition) is 6. The molecule has 0 saturated carbocycles. The normalized spacial score (nSPS) is 9.79. The van der Waals surface area contributed by atoms with Gasteiger partial charge >= 0.3 is 5.97 Å². The average molecular weight is 267 g/mol. The van der Waals surface area contributed by atoms with Gasteiger partial charge in [0.05, 0.1) is 11.5 Å². The van der Waals surface area contributed by atoms with Gasteiger partial charge in [-0.05, 0) is 19.9 Å². The van der Waals surface area contributed by atoms with Crippen LogP contribution >= 0.6 is 0 Å². The van der Waals surface area contributed by atoms with Gasteiger partial charge in [-0.15, -0.1) is 0 Å². The number of benzene rings is 1. The molecule has 0 aromatic heterocycles. The second-order valence-electron chi connectivity index (χ2n) is 3.71. The number of non-ortho nitro benzene ring substituents is 1. The van der Waals surface area contributed by atoms with Crippen LogP contribution in [0.25, 0.3) is 0 Å². The molecule has 0 amide bonds. The largest absolute Gasteiger partial charge is 0.465 e. The quantitative estimate of drug-likeness (QED) is 0.446. The van der Waals surface area contributed by atoms with Gasteiger partial charge in [0.2, 0.25) is 0 Å². The first-order valence-electron chi connectivity index (χ1n) is 5.99. The van der Waals surface area contributed by atoms with E-state index in [0.29, 0.717) is 24.5 Å². The summed E-state index contributed by atoms with van der Waals surface area (Å²) in [6.45, 7) is 4.54. The fourth-order valence-corrected chi connectivity index (χ4v) is 1.51. The summed E-state index contributed by atoms with van der Waals surface area (Å²) in [4.78, 5) is 21.5. The van der Waals surface area contributed by atoms with E-state index in [1.807, 2.05) is 6.92 Å². The third kappa shape index (κ3) is 4.82. The third-order valence-electron chi connectivity index (χ3n) is 2.25. The van der Waals surface area contributed by atoms with E-state index in [9.17, 15) is 14.9 Å². The summed E-state index contributed by atoms with van der Waals surface area (Å²) in [5.41, 5.74) is 1.09. The Balaban J connectivity index is 2.81. The molecule has 1 rings (SSSR count). The highest BCUT2D eigenvalue weighted by atomic mass is 16.6. The number of carbonyl (C=O) groups is 1. The van der Waals surface area contributed by atoms with Gasteiger partial charge in [-0.3, -0.25) is 14.9 Å². The van der Waals surface area contributed by atoms with Crippen molar-refractivity contribution in [3.05, 3.63) is 28.3 Å². The molecule has 0 radical (unpaired) electrons. The van der Waals surface area contributed by atoms with Crippen molar-refractivity contribution < 1.29 is 14.5 Å². The van der Waals surface area contributed by atoms with Crippen LogP contribution in [0, 0.1) is 10.1 Å². The van der Waals surface area contributed by atoms with Crippen LogP contribution in [0.1, 0.15) is 13.8 Å². The summed E-state index contributed by atoms with van der Waals surface area (Å²) in [6.07, 6.45) is 0. The van der Waals surface area contributed by atoms with E-state index in [4.69, 9.17) is 4.74 Å². The molecular formula is C12H17N3O4. The number of ether oxygens (including phenoxy) is 1. The molecule has 7 heteroatoms. The number of rotatable bonds is 7. The maximum atomic E-state index is 11.2. The Morgan fingerprint density at radius 1 is 1.26 bits per heavy atom. The minimum absolute atomic E-state index is 0.0272. The smallest absolute Gasteiger partial charge is 0.325 e. The number of nitro groups is 1. The third-order valence-corrected chi connectivity index (χ3v) is 2.25. The highest BCUT2D eigenvalue weighted by Gasteiger charge is 2.10. The van der Waals surface area contributed by atoms with E-state index in [1.54, 1.807) is 13.0 Å². The first-order valence-corrected chi connectivity index (χ1v) is 5.99. The number of nitro benzene ring substituents is 1. The van der Waals surface area contributed by atoms with Crippen molar-refractivity contribution in [2.45, 2.75) is 13.8 Å². The zero-order valence-electron chi connectivity index (χ0n) is 10.9. The van der Waals surface area contributed by atoms with Gasteiger partial charge in [0.15, 0.2) is 0 Å². The van der Waals surface area contributed by atoms with Gasteiger partial charge in [-0.25, -0.2) is 0 Å². The van der Waals surface area contributed by atoms with Crippen molar-refractivity contribution in [2.75, 3.05) is 30.3 Å². The molecule has 0 heterocycles. The van der Waals surface area contributed by atoms with Crippen molar-refractivity contribution in [1.29, 1.82) is 0 Å². The Kier molecular flexibility index (Phi) is 5.59. The predicted molar refractivity (Wildman–Crippen MR) is 72.4 cm³/mol. The molecule has 0 saturated heterocycles.